The van der Waals surface area contributed by atoms with E-state index >= 15 is 0 Å². The van der Waals surface area contributed by atoms with E-state index in [9.17, 15) is 4.79 Å². The number of rotatable bonds is 6. The number of hydrogen-bond donors (Lipinski definition) is 2. The molecule has 0 saturated heterocycles. The van der Waals surface area contributed by atoms with Crippen LogP contribution in [0, 0.1) is 0 Å². The summed E-state index contributed by atoms with van der Waals surface area (Å²) in [5.41, 5.74) is 0.612. The molecular formula is C14H16N2O3. The number of benzene rings is 1. The molecule has 0 atom stereocenters. The number of nitrogens with one attached hydrogen (secondary N) is 1. The molecule has 0 fully saturated rings. The molecule has 0 spiro atoms. The summed E-state index contributed by atoms with van der Waals surface area (Å²) >= 11 is 0. The SMILES string of the molecule is O=C(NCCOCCO)c1ccc2cnccc2c1. The Morgan fingerprint density at radius 2 is 2.16 bits per heavy atom. The Kier molecular flexibility index (Phi) is 4.83. The van der Waals surface area contributed by atoms with Gasteiger partial charge in [0.25, 0.3) is 5.91 Å². The fourth-order valence-corrected chi connectivity index (χ4v) is 1.73. The Morgan fingerprint density at radius 1 is 1.26 bits per heavy atom. The van der Waals surface area contributed by atoms with Crippen LogP contribution in [0.5, 0.6) is 0 Å². The summed E-state index contributed by atoms with van der Waals surface area (Å²) in [5, 5.41) is 13.3. The molecular weight excluding hydrogens is 244 g/mol. The van der Waals surface area contributed by atoms with Crippen LogP contribution in [0.1, 0.15) is 10.4 Å². The molecule has 1 aromatic heterocycles. The Labute approximate surface area is 111 Å². The van der Waals surface area contributed by atoms with Gasteiger partial charge >= 0.3 is 0 Å². The third-order valence-corrected chi connectivity index (χ3v) is 2.67. The van der Waals surface area contributed by atoms with Crippen molar-refractivity contribution >= 4 is 16.7 Å². The maximum absolute atomic E-state index is 11.9. The maximum Gasteiger partial charge on any atom is 0.251 e. The second kappa shape index (κ2) is 6.82. The van der Waals surface area contributed by atoms with Gasteiger partial charge < -0.3 is 15.2 Å². The molecule has 2 rings (SSSR count). The smallest absolute Gasteiger partial charge is 0.251 e. The standard InChI is InChI=1S/C14H16N2O3/c17-6-8-19-7-5-16-14(18)12-1-2-13-10-15-4-3-11(13)9-12/h1-4,9-10,17H,5-8H2,(H,16,18). The average Bonchev–Trinajstić information content (AvgIpc) is 2.46. The number of pyridine rings is 1. The van der Waals surface area contributed by atoms with Gasteiger partial charge in [0.15, 0.2) is 0 Å². The third-order valence-electron chi connectivity index (χ3n) is 2.67. The van der Waals surface area contributed by atoms with Crippen molar-refractivity contribution in [3.8, 4) is 0 Å². The van der Waals surface area contributed by atoms with E-state index in [1.165, 1.54) is 0 Å². The minimum Gasteiger partial charge on any atom is -0.394 e. The van der Waals surface area contributed by atoms with E-state index in [-0.39, 0.29) is 12.5 Å². The summed E-state index contributed by atoms with van der Waals surface area (Å²) in [4.78, 5) is 15.9. The highest BCUT2D eigenvalue weighted by Crippen LogP contribution is 2.14. The first-order valence-corrected chi connectivity index (χ1v) is 6.12. The molecule has 100 valence electrons. The van der Waals surface area contributed by atoms with Gasteiger partial charge in [0, 0.05) is 29.9 Å². The molecule has 5 nitrogen and oxygen atoms in total. The minimum absolute atomic E-state index is 0.00729. The van der Waals surface area contributed by atoms with Gasteiger partial charge in [-0.15, -0.1) is 0 Å². The highest BCUT2D eigenvalue weighted by Gasteiger charge is 2.05. The van der Waals surface area contributed by atoms with Gasteiger partial charge in [0.05, 0.1) is 19.8 Å². The molecule has 1 heterocycles. The largest absolute Gasteiger partial charge is 0.394 e. The van der Waals surface area contributed by atoms with E-state index in [0.717, 1.165) is 10.8 Å². The zero-order valence-electron chi connectivity index (χ0n) is 10.5. The maximum atomic E-state index is 11.9. The number of aliphatic hydroxyl groups is 1. The molecule has 0 unspecified atom stereocenters. The second-order valence-electron chi connectivity index (χ2n) is 4.03. The van der Waals surface area contributed by atoms with E-state index in [1.54, 1.807) is 18.5 Å². The van der Waals surface area contributed by atoms with Crippen molar-refractivity contribution in [3.63, 3.8) is 0 Å². The lowest BCUT2D eigenvalue weighted by atomic mass is 10.1. The number of ether oxygens (including phenoxy) is 1. The zero-order valence-corrected chi connectivity index (χ0v) is 10.5. The zero-order chi connectivity index (χ0) is 13.5. The number of fused-ring (bicyclic) bond motifs is 1. The number of aromatic nitrogens is 1. The van der Waals surface area contributed by atoms with Crippen LogP contribution >= 0.6 is 0 Å². The van der Waals surface area contributed by atoms with Crippen molar-refractivity contribution in [2.24, 2.45) is 0 Å². The predicted molar refractivity (Wildman–Crippen MR) is 72.0 cm³/mol. The van der Waals surface area contributed by atoms with E-state index in [0.29, 0.717) is 25.3 Å². The summed E-state index contributed by atoms with van der Waals surface area (Å²) in [7, 11) is 0. The highest BCUT2D eigenvalue weighted by molar-refractivity contribution is 5.98. The quantitative estimate of drug-likeness (QED) is 0.759. The second-order valence-corrected chi connectivity index (χ2v) is 4.03. The normalized spacial score (nSPS) is 10.6. The van der Waals surface area contributed by atoms with Crippen LogP contribution in [0.2, 0.25) is 0 Å². The molecule has 1 aromatic carbocycles. The topological polar surface area (TPSA) is 71.5 Å². The molecule has 2 aromatic rings. The summed E-state index contributed by atoms with van der Waals surface area (Å²) in [6.45, 7) is 1.10. The molecule has 0 saturated carbocycles. The number of hydrogen-bond acceptors (Lipinski definition) is 4. The lowest BCUT2D eigenvalue weighted by Crippen LogP contribution is -2.27. The third kappa shape index (κ3) is 3.74. The Bertz CT molecular complexity index is 557. The molecule has 0 radical (unpaired) electrons. The molecule has 0 aliphatic rings. The number of amides is 1. The monoisotopic (exact) mass is 260 g/mol. The first-order chi connectivity index (χ1) is 9.31. The molecule has 5 heteroatoms. The minimum atomic E-state index is -0.133. The van der Waals surface area contributed by atoms with Crippen molar-refractivity contribution in [3.05, 3.63) is 42.2 Å². The molecule has 1 amide bonds. The van der Waals surface area contributed by atoms with Gasteiger partial charge in [-0.3, -0.25) is 9.78 Å². The van der Waals surface area contributed by atoms with Gasteiger partial charge in [-0.25, -0.2) is 0 Å². The fourth-order valence-electron chi connectivity index (χ4n) is 1.73. The number of carbonyl (C=O) groups is 1. The van der Waals surface area contributed by atoms with E-state index in [2.05, 4.69) is 10.3 Å². The van der Waals surface area contributed by atoms with Crippen LogP contribution in [0.3, 0.4) is 0 Å². The van der Waals surface area contributed by atoms with Gasteiger partial charge in [0.1, 0.15) is 0 Å². The number of aliphatic hydroxyl groups excluding tert-OH is 1. The van der Waals surface area contributed by atoms with Crippen molar-refractivity contribution in [1.82, 2.24) is 10.3 Å². The van der Waals surface area contributed by atoms with Crippen LogP contribution in [0.4, 0.5) is 0 Å². The summed E-state index contributed by atoms with van der Waals surface area (Å²) in [6.07, 6.45) is 3.46. The average molecular weight is 260 g/mol. The van der Waals surface area contributed by atoms with Gasteiger partial charge in [-0.1, -0.05) is 6.07 Å². The molecule has 2 N–H and O–H groups in total. The Hall–Kier alpha value is -1.98. The van der Waals surface area contributed by atoms with Crippen LogP contribution in [-0.4, -0.2) is 42.4 Å². The van der Waals surface area contributed by atoms with Gasteiger partial charge in [0.2, 0.25) is 0 Å². The van der Waals surface area contributed by atoms with Crippen LogP contribution in [0.25, 0.3) is 10.8 Å². The first-order valence-electron chi connectivity index (χ1n) is 6.12. The van der Waals surface area contributed by atoms with E-state index in [1.807, 2.05) is 18.2 Å². The molecule has 19 heavy (non-hydrogen) atoms. The van der Waals surface area contributed by atoms with E-state index in [4.69, 9.17) is 9.84 Å². The summed E-state index contributed by atoms with van der Waals surface area (Å²) < 4.78 is 5.07. The van der Waals surface area contributed by atoms with Crippen molar-refractivity contribution in [1.29, 1.82) is 0 Å². The van der Waals surface area contributed by atoms with Crippen molar-refractivity contribution < 1.29 is 14.6 Å². The molecule has 0 aliphatic carbocycles. The van der Waals surface area contributed by atoms with Gasteiger partial charge in [-0.05, 0) is 23.6 Å². The van der Waals surface area contributed by atoms with Crippen molar-refractivity contribution in [2.45, 2.75) is 0 Å². The van der Waals surface area contributed by atoms with Crippen LogP contribution in [0.15, 0.2) is 36.7 Å². The summed E-state index contributed by atoms with van der Waals surface area (Å²) in [6, 6.07) is 7.35. The summed E-state index contributed by atoms with van der Waals surface area (Å²) in [5.74, 6) is -0.133. The lowest BCUT2D eigenvalue weighted by Gasteiger charge is -2.06. The lowest BCUT2D eigenvalue weighted by molar-refractivity contribution is 0.0838. The van der Waals surface area contributed by atoms with Crippen molar-refractivity contribution in [2.75, 3.05) is 26.4 Å². The first kappa shape index (κ1) is 13.5. The fraction of sp³-hybridized carbons (Fsp3) is 0.286. The number of nitrogens with zero attached hydrogens (tertiary/aromatic N) is 1. The Balaban J connectivity index is 1.93. The highest BCUT2D eigenvalue weighted by atomic mass is 16.5. The number of carbonyl (C=O) groups excluding carboxylic acids is 1. The van der Waals surface area contributed by atoms with Gasteiger partial charge in [-0.2, -0.15) is 0 Å². The van der Waals surface area contributed by atoms with Crippen LogP contribution in [-0.2, 0) is 4.74 Å². The molecule has 0 aliphatic heterocycles. The van der Waals surface area contributed by atoms with Crippen LogP contribution < -0.4 is 5.32 Å². The molecule has 0 bridgehead atoms. The predicted octanol–water partition coefficient (Wildman–Crippen LogP) is 0.973. The Morgan fingerprint density at radius 3 is 3.00 bits per heavy atom. The van der Waals surface area contributed by atoms with E-state index < -0.39 is 0 Å².